The molecule has 280 valence electrons. The Labute approximate surface area is 309 Å². The zero-order valence-electron chi connectivity index (χ0n) is 32.4. The minimum absolute atomic E-state index is 0.185. The molecule has 1 aromatic carbocycles. The maximum atomic E-state index is 14.0. The quantitative estimate of drug-likeness (QED) is 0.117. The number of amides is 3. The van der Waals surface area contributed by atoms with Crippen LogP contribution in [0.3, 0.4) is 0 Å². The summed E-state index contributed by atoms with van der Waals surface area (Å²) in [4.78, 5) is 49.2. The average Bonchev–Trinajstić information content (AvgIpc) is 3.86. The zero-order valence-corrected chi connectivity index (χ0v) is 32.4. The number of nitrogens with one attached hydrogen (secondary N) is 2. The van der Waals surface area contributed by atoms with Gasteiger partial charge in [0.05, 0.1) is 5.56 Å². The molecule has 0 bridgehead atoms. The highest BCUT2D eigenvalue weighted by Gasteiger charge is 2.38. The standard InChI is InChI=1S/C32H35N9O3.C4H10.2C2H6/c1-5-15-39(19-42)30-27(32(44)38(4)22-12-13-22)34-28(35-30)25-17-33-29(24-10-8-7-9-23(24)25)40(16-6-2)31(43)21-11-14-26-37-36-20(3)41(26)18-21;1-3-4-2;2*1-2/h5,7-11,14,17-19,22,28,34-35H,1,6,12-13,15-16H2,2-4H3;3-4H2,1-2H3;2*1-2H3. The van der Waals surface area contributed by atoms with Gasteiger partial charge in [-0.25, -0.2) is 4.98 Å². The van der Waals surface area contributed by atoms with Crippen molar-refractivity contribution >= 4 is 40.5 Å². The minimum Gasteiger partial charge on any atom is -0.354 e. The van der Waals surface area contributed by atoms with Crippen molar-refractivity contribution in [2.24, 2.45) is 0 Å². The number of benzene rings is 1. The molecule has 1 fully saturated rings. The van der Waals surface area contributed by atoms with Crippen LogP contribution >= 0.6 is 0 Å². The smallest absolute Gasteiger partial charge is 0.273 e. The van der Waals surface area contributed by atoms with Gasteiger partial charge >= 0.3 is 0 Å². The molecule has 1 saturated carbocycles. The molecule has 52 heavy (non-hydrogen) atoms. The lowest BCUT2D eigenvalue weighted by Gasteiger charge is -2.25. The fourth-order valence-electron chi connectivity index (χ4n) is 5.59. The average molecular weight is 712 g/mol. The molecule has 1 aliphatic carbocycles. The number of anilines is 1. The third-order valence-corrected chi connectivity index (χ3v) is 8.56. The highest BCUT2D eigenvalue weighted by atomic mass is 16.2. The van der Waals surface area contributed by atoms with Crippen LogP contribution in [0.15, 0.2) is 73.0 Å². The molecule has 2 aliphatic rings. The largest absolute Gasteiger partial charge is 0.354 e. The SMILES string of the molecule is C=CCN(C=O)C1=C(C(=O)N(C)C2CC2)NC(c2cnc(N(CCC)C(=O)c3ccc4nnc(C)n4c3)c3ccccc23)N1.CC.CC.CCCC. The summed E-state index contributed by atoms with van der Waals surface area (Å²) >= 11 is 0. The molecule has 12 nitrogen and oxygen atoms in total. The van der Waals surface area contributed by atoms with Gasteiger partial charge in [-0.3, -0.25) is 28.6 Å². The van der Waals surface area contributed by atoms with Crippen LogP contribution in [-0.4, -0.2) is 73.8 Å². The van der Waals surface area contributed by atoms with Crippen LogP contribution in [0.2, 0.25) is 0 Å². The maximum Gasteiger partial charge on any atom is 0.273 e. The van der Waals surface area contributed by atoms with Gasteiger partial charge in [-0.1, -0.05) is 91.6 Å². The monoisotopic (exact) mass is 711 g/mol. The summed E-state index contributed by atoms with van der Waals surface area (Å²) in [7, 11) is 1.78. The number of nitrogens with zero attached hydrogens (tertiary/aromatic N) is 7. The van der Waals surface area contributed by atoms with Crippen molar-refractivity contribution < 1.29 is 14.4 Å². The van der Waals surface area contributed by atoms with Gasteiger partial charge < -0.3 is 15.5 Å². The normalized spacial score (nSPS) is 14.4. The predicted octanol–water partition coefficient (Wildman–Crippen LogP) is 7.13. The van der Waals surface area contributed by atoms with Gasteiger partial charge in [0.25, 0.3) is 11.8 Å². The van der Waals surface area contributed by atoms with E-state index in [1.54, 1.807) is 51.9 Å². The van der Waals surface area contributed by atoms with E-state index in [0.29, 0.717) is 47.3 Å². The summed E-state index contributed by atoms with van der Waals surface area (Å²) in [6, 6.07) is 11.5. The predicted molar refractivity (Wildman–Crippen MR) is 210 cm³/mol. The van der Waals surface area contributed by atoms with Gasteiger partial charge in [-0.2, -0.15) is 0 Å². The second kappa shape index (κ2) is 20.0. The molecule has 0 radical (unpaired) electrons. The third-order valence-electron chi connectivity index (χ3n) is 8.56. The number of likely N-dealkylation sites (N-methyl/N-ethyl adjacent to an activating group) is 1. The third kappa shape index (κ3) is 9.15. The molecule has 12 heteroatoms. The fraction of sp³-hybridized carbons (Fsp3) is 0.450. The molecule has 1 atom stereocenters. The Balaban J connectivity index is 0.000000841. The number of hydrogen-bond acceptors (Lipinski definition) is 8. The summed E-state index contributed by atoms with van der Waals surface area (Å²) in [6.45, 7) is 20.7. The van der Waals surface area contributed by atoms with Crippen LogP contribution in [0.25, 0.3) is 16.4 Å². The molecule has 0 saturated heterocycles. The molecular formula is C40H57N9O3. The van der Waals surface area contributed by atoms with E-state index in [0.717, 1.165) is 35.6 Å². The fourth-order valence-corrected chi connectivity index (χ4v) is 5.59. The van der Waals surface area contributed by atoms with Crippen LogP contribution in [0.5, 0.6) is 0 Å². The Kier molecular flexibility index (Phi) is 15.8. The van der Waals surface area contributed by atoms with Crippen molar-refractivity contribution in [2.45, 2.75) is 99.7 Å². The number of pyridine rings is 2. The molecule has 1 aliphatic heterocycles. The summed E-state index contributed by atoms with van der Waals surface area (Å²) in [5, 5.41) is 16.6. The van der Waals surface area contributed by atoms with Gasteiger partial charge in [0.2, 0.25) is 6.41 Å². The number of unbranched alkanes of at least 4 members (excludes halogenated alkanes) is 1. The molecule has 4 aromatic rings. The van der Waals surface area contributed by atoms with Crippen molar-refractivity contribution in [2.75, 3.05) is 25.0 Å². The number of aryl methyl sites for hydroxylation is 1. The van der Waals surface area contributed by atoms with Gasteiger partial charge in [0.1, 0.15) is 29.3 Å². The summed E-state index contributed by atoms with van der Waals surface area (Å²) in [6.07, 6.45) is 10.5. The molecular weight excluding hydrogens is 654 g/mol. The first-order valence-electron chi connectivity index (χ1n) is 18.7. The molecule has 1 unspecified atom stereocenters. The first-order valence-corrected chi connectivity index (χ1v) is 18.7. The van der Waals surface area contributed by atoms with Crippen molar-refractivity contribution in [1.29, 1.82) is 0 Å². The maximum absolute atomic E-state index is 14.0. The first kappa shape index (κ1) is 41.2. The number of rotatable bonds is 12. The van der Waals surface area contributed by atoms with Crippen LogP contribution in [0, 0.1) is 6.92 Å². The lowest BCUT2D eigenvalue weighted by Crippen LogP contribution is -2.36. The van der Waals surface area contributed by atoms with Crippen LogP contribution < -0.4 is 15.5 Å². The van der Waals surface area contributed by atoms with Crippen LogP contribution in [-0.2, 0) is 9.59 Å². The van der Waals surface area contributed by atoms with E-state index < -0.39 is 6.17 Å². The molecule has 3 aromatic heterocycles. The molecule has 4 heterocycles. The highest BCUT2D eigenvalue weighted by Crippen LogP contribution is 2.34. The van der Waals surface area contributed by atoms with E-state index in [2.05, 4.69) is 41.3 Å². The summed E-state index contributed by atoms with van der Waals surface area (Å²) in [5.41, 5.74) is 2.25. The Morgan fingerprint density at radius 2 is 1.62 bits per heavy atom. The number of carbonyl (C=O) groups excluding carboxylic acids is 3. The Hall–Kier alpha value is -5.26. The van der Waals surface area contributed by atoms with Crippen LogP contribution in [0.4, 0.5) is 5.82 Å². The second-order valence-electron chi connectivity index (χ2n) is 12.1. The highest BCUT2D eigenvalue weighted by molar-refractivity contribution is 6.10. The molecule has 0 spiro atoms. The Morgan fingerprint density at radius 3 is 2.21 bits per heavy atom. The van der Waals surface area contributed by atoms with E-state index in [9.17, 15) is 14.4 Å². The van der Waals surface area contributed by atoms with Crippen LogP contribution in [0.1, 0.15) is 108 Å². The van der Waals surface area contributed by atoms with E-state index in [-0.39, 0.29) is 24.4 Å². The minimum atomic E-state index is -0.551. The van der Waals surface area contributed by atoms with Gasteiger partial charge in [-0.15, -0.1) is 16.8 Å². The Bertz CT molecular complexity index is 1840. The summed E-state index contributed by atoms with van der Waals surface area (Å²) < 4.78 is 1.79. The number of hydrogen-bond donors (Lipinski definition) is 2. The van der Waals surface area contributed by atoms with E-state index in [4.69, 9.17) is 4.98 Å². The lowest BCUT2D eigenvalue weighted by molar-refractivity contribution is -0.126. The van der Waals surface area contributed by atoms with Crippen molar-refractivity contribution in [3.8, 4) is 0 Å². The van der Waals surface area contributed by atoms with E-state index in [1.165, 1.54) is 17.7 Å². The van der Waals surface area contributed by atoms with Gasteiger partial charge in [0, 0.05) is 49.5 Å². The van der Waals surface area contributed by atoms with Crippen molar-refractivity contribution in [1.82, 2.24) is 40.0 Å². The molecule has 2 N–H and O–H groups in total. The van der Waals surface area contributed by atoms with Crippen molar-refractivity contribution in [3.63, 3.8) is 0 Å². The second-order valence-corrected chi connectivity index (χ2v) is 12.1. The number of carbonyl (C=O) groups is 3. The number of fused-ring (bicyclic) bond motifs is 2. The number of aromatic nitrogens is 4. The Morgan fingerprint density at radius 1 is 0.942 bits per heavy atom. The first-order chi connectivity index (χ1) is 25.3. The summed E-state index contributed by atoms with van der Waals surface area (Å²) in [5.74, 6) is 1.24. The van der Waals surface area contributed by atoms with E-state index >= 15 is 0 Å². The van der Waals surface area contributed by atoms with Gasteiger partial charge in [-0.05, 0) is 43.7 Å². The molecule has 6 rings (SSSR count). The lowest BCUT2D eigenvalue weighted by atomic mass is 10.0. The van der Waals surface area contributed by atoms with Crippen molar-refractivity contribution in [3.05, 3.63) is 89.9 Å². The van der Waals surface area contributed by atoms with Gasteiger partial charge in [0.15, 0.2) is 5.65 Å². The molecule has 3 amide bonds. The topological polar surface area (TPSA) is 128 Å². The van der Waals surface area contributed by atoms with E-state index in [1.807, 2.05) is 65.8 Å². The zero-order chi connectivity index (χ0) is 38.4.